The Morgan fingerprint density at radius 2 is 2.16 bits per heavy atom. The highest BCUT2D eigenvalue weighted by molar-refractivity contribution is 5.86. The van der Waals surface area contributed by atoms with Gasteiger partial charge < -0.3 is 15.2 Å². The van der Waals surface area contributed by atoms with Crippen molar-refractivity contribution in [2.24, 2.45) is 5.92 Å². The lowest BCUT2D eigenvalue weighted by Crippen LogP contribution is -2.19. The fourth-order valence-electron chi connectivity index (χ4n) is 1.80. The van der Waals surface area contributed by atoms with Gasteiger partial charge in [-0.1, -0.05) is 12.2 Å². The first-order valence-electron chi connectivity index (χ1n) is 5.70. The number of hydrogen-bond donors (Lipinski definition) is 2. The summed E-state index contributed by atoms with van der Waals surface area (Å²) >= 11 is 0. The van der Waals surface area contributed by atoms with Crippen molar-refractivity contribution >= 4 is 17.8 Å². The van der Waals surface area contributed by atoms with Gasteiger partial charge in [0.15, 0.2) is 5.69 Å². The Labute approximate surface area is 109 Å². The predicted octanol–water partition coefficient (Wildman–Crippen LogP) is 0.704. The summed E-state index contributed by atoms with van der Waals surface area (Å²) in [6, 6.07) is 3.00. The molecule has 0 radical (unpaired) electrons. The van der Waals surface area contributed by atoms with Gasteiger partial charge in [0.1, 0.15) is 5.82 Å². The molecule has 0 aliphatic heterocycles. The molecule has 0 saturated heterocycles. The summed E-state index contributed by atoms with van der Waals surface area (Å²) in [6.07, 6.45) is 3.90. The van der Waals surface area contributed by atoms with Gasteiger partial charge in [0.25, 0.3) is 0 Å². The Bertz CT molecular complexity index is 512. The molecule has 1 aliphatic carbocycles. The van der Waals surface area contributed by atoms with E-state index in [1.165, 1.54) is 13.2 Å². The Morgan fingerprint density at radius 1 is 1.37 bits per heavy atom. The SMILES string of the molecule is COC(=O)c1ccc(NC2C=CC(C(=O)O)C2)nn1. The van der Waals surface area contributed by atoms with E-state index in [2.05, 4.69) is 20.3 Å². The maximum atomic E-state index is 11.2. The zero-order valence-electron chi connectivity index (χ0n) is 10.2. The normalized spacial score (nSPS) is 21.1. The van der Waals surface area contributed by atoms with Crippen LogP contribution in [0.3, 0.4) is 0 Å². The number of rotatable bonds is 4. The van der Waals surface area contributed by atoms with Crippen LogP contribution in [-0.2, 0) is 9.53 Å². The number of carbonyl (C=O) groups is 2. The number of carbonyl (C=O) groups excluding carboxylic acids is 1. The van der Waals surface area contributed by atoms with E-state index >= 15 is 0 Å². The summed E-state index contributed by atoms with van der Waals surface area (Å²) in [5.41, 5.74) is 0.124. The van der Waals surface area contributed by atoms with Crippen molar-refractivity contribution in [2.45, 2.75) is 12.5 Å². The van der Waals surface area contributed by atoms with Gasteiger partial charge >= 0.3 is 11.9 Å². The first-order valence-corrected chi connectivity index (χ1v) is 5.70. The molecular weight excluding hydrogens is 250 g/mol. The van der Waals surface area contributed by atoms with E-state index in [1.54, 1.807) is 18.2 Å². The number of carboxylic acids is 1. The fourth-order valence-corrected chi connectivity index (χ4v) is 1.80. The zero-order valence-corrected chi connectivity index (χ0v) is 10.2. The molecule has 1 aromatic rings. The third-order valence-electron chi connectivity index (χ3n) is 2.79. The van der Waals surface area contributed by atoms with E-state index in [4.69, 9.17) is 5.11 Å². The van der Waals surface area contributed by atoms with Crippen molar-refractivity contribution in [1.29, 1.82) is 0 Å². The highest BCUT2D eigenvalue weighted by Crippen LogP contribution is 2.20. The van der Waals surface area contributed by atoms with E-state index in [9.17, 15) is 9.59 Å². The summed E-state index contributed by atoms with van der Waals surface area (Å²) in [5, 5.41) is 19.5. The molecule has 0 fully saturated rings. The third-order valence-corrected chi connectivity index (χ3v) is 2.79. The van der Waals surface area contributed by atoms with Crippen molar-refractivity contribution in [3.8, 4) is 0 Å². The molecule has 19 heavy (non-hydrogen) atoms. The molecule has 1 aromatic heterocycles. The number of ether oxygens (including phenoxy) is 1. The van der Waals surface area contributed by atoms with Crippen molar-refractivity contribution in [2.75, 3.05) is 12.4 Å². The molecule has 0 amide bonds. The summed E-state index contributed by atoms with van der Waals surface area (Å²) in [6.45, 7) is 0. The minimum Gasteiger partial charge on any atom is -0.481 e. The number of esters is 1. The summed E-state index contributed by atoms with van der Waals surface area (Å²) in [4.78, 5) is 22.0. The van der Waals surface area contributed by atoms with Crippen molar-refractivity contribution in [1.82, 2.24) is 10.2 Å². The Kier molecular flexibility index (Phi) is 3.74. The molecule has 0 aromatic carbocycles. The molecular formula is C12H13N3O4. The van der Waals surface area contributed by atoms with Gasteiger partial charge in [-0.25, -0.2) is 4.79 Å². The molecule has 100 valence electrons. The average molecular weight is 263 g/mol. The summed E-state index contributed by atoms with van der Waals surface area (Å²) in [5.74, 6) is -1.38. The summed E-state index contributed by atoms with van der Waals surface area (Å²) < 4.78 is 4.51. The average Bonchev–Trinajstić information content (AvgIpc) is 2.87. The maximum Gasteiger partial charge on any atom is 0.358 e. The highest BCUT2D eigenvalue weighted by atomic mass is 16.5. The van der Waals surface area contributed by atoms with Crippen LogP contribution in [0.25, 0.3) is 0 Å². The van der Waals surface area contributed by atoms with Crippen LogP contribution in [0, 0.1) is 5.92 Å². The number of aliphatic carboxylic acids is 1. The lowest BCUT2D eigenvalue weighted by molar-refractivity contribution is -0.140. The lowest BCUT2D eigenvalue weighted by Gasteiger charge is -2.12. The first-order chi connectivity index (χ1) is 9.10. The van der Waals surface area contributed by atoms with Crippen LogP contribution in [-0.4, -0.2) is 40.4 Å². The Balaban J connectivity index is 1.96. The van der Waals surface area contributed by atoms with E-state index in [0.29, 0.717) is 12.2 Å². The largest absolute Gasteiger partial charge is 0.481 e. The summed E-state index contributed by atoms with van der Waals surface area (Å²) in [7, 11) is 1.27. The van der Waals surface area contributed by atoms with Crippen LogP contribution in [0.1, 0.15) is 16.9 Å². The van der Waals surface area contributed by atoms with Gasteiger partial charge in [-0.05, 0) is 18.6 Å². The topological polar surface area (TPSA) is 101 Å². The second-order valence-electron chi connectivity index (χ2n) is 4.11. The van der Waals surface area contributed by atoms with E-state index in [0.717, 1.165) is 0 Å². The predicted molar refractivity (Wildman–Crippen MR) is 65.7 cm³/mol. The maximum absolute atomic E-state index is 11.2. The molecule has 2 atom stereocenters. The molecule has 7 heteroatoms. The van der Waals surface area contributed by atoms with Gasteiger partial charge in [-0.3, -0.25) is 4.79 Å². The van der Waals surface area contributed by atoms with Crippen LogP contribution in [0.4, 0.5) is 5.82 Å². The van der Waals surface area contributed by atoms with Crippen LogP contribution < -0.4 is 5.32 Å². The number of nitrogens with one attached hydrogen (secondary N) is 1. The van der Waals surface area contributed by atoms with Gasteiger partial charge in [0, 0.05) is 6.04 Å². The molecule has 0 spiro atoms. The lowest BCUT2D eigenvalue weighted by atomic mass is 10.1. The highest BCUT2D eigenvalue weighted by Gasteiger charge is 2.24. The van der Waals surface area contributed by atoms with Crippen molar-refractivity contribution in [3.63, 3.8) is 0 Å². The smallest absolute Gasteiger partial charge is 0.358 e. The minimum absolute atomic E-state index is 0.0978. The van der Waals surface area contributed by atoms with Crippen LogP contribution in [0.5, 0.6) is 0 Å². The molecule has 2 unspecified atom stereocenters. The third kappa shape index (κ3) is 3.06. The molecule has 7 nitrogen and oxygen atoms in total. The minimum atomic E-state index is -0.840. The van der Waals surface area contributed by atoms with E-state index < -0.39 is 17.9 Å². The molecule has 0 bridgehead atoms. The van der Waals surface area contributed by atoms with E-state index in [-0.39, 0.29) is 11.7 Å². The Hall–Kier alpha value is -2.44. The van der Waals surface area contributed by atoms with Gasteiger partial charge in [-0.15, -0.1) is 10.2 Å². The standard InChI is InChI=1S/C12H13N3O4/c1-19-12(18)9-4-5-10(15-14-9)13-8-3-2-7(6-8)11(16)17/h2-5,7-8H,6H2,1H3,(H,13,15)(H,16,17). The molecule has 2 N–H and O–H groups in total. The number of methoxy groups -OCH3 is 1. The molecule has 2 rings (SSSR count). The number of hydrogen-bond acceptors (Lipinski definition) is 6. The van der Waals surface area contributed by atoms with Gasteiger partial charge in [0.2, 0.25) is 0 Å². The van der Waals surface area contributed by atoms with E-state index in [1.807, 2.05) is 0 Å². The first kappa shape index (κ1) is 13.0. The number of carboxylic acid groups (broad SMARTS) is 1. The number of nitrogens with zero attached hydrogens (tertiary/aromatic N) is 2. The van der Waals surface area contributed by atoms with Crippen molar-refractivity contribution < 1.29 is 19.4 Å². The second kappa shape index (κ2) is 5.47. The number of anilines is 1. The monoisotopic (exact) mass is 263 g/mol. The fraction of sp³-hybridized carbons (Fsp3) is 0.333. The molecule has 1 aliphatic rings. The second-order valence-corrected chi connectivity index (χ2v) is 4.11. The van der Waals surface area contributed by atoms with Gasteiger partial charge in [-0.2, -0.15) is 0 Å². The molecule has 0 saturated carbocycles. The Morgan fingerprint density at radius 3 is 2.68 bits per heavy atom. The molecule has 1 heterocycles. The van der Waals surface area contributed by atoms with Crippen molar-refractivity contribution in [3.05, 3.63) is 30.0 Å². The zero-order chi connectivity index (χ0) is 13.8. The quantitative estimate of drug-likeness (QED) is 0.609. The van der Waals surface area contributed by atoms with Crippen LogP contribution in [0.2, 0.25) is 0 Å². The number of aromatic nitrogens is 2. The van der Waals surface area contributed by atoms with Crippen LogP contribution in [0.15, 0.2) is 24.3 Å². The van der Waals surface area contributed by atoms with Crippen LogP contribution >= 0.6 is 0 Å². The van der Waals surface area contributed by atoms with Gasteiger partial charge in [0.05, 0.1) is 13.0 Å².